The molecule has 3 aromatic rings. The van der Waals surface area contributed by atoms with Crippen LogP contribution >= 0.6 is 0 Å². The molecule has 0 spiro atoms. The standard InChI is InChI=1S/C20H18F3N5O2/c1-12-24-17(11-18(25-12)30-2)26-14-6-8-15(9-7-14)27-19(29)28-16-5-3-4-13(10-16)20(21,22)23/h3-11H,1-2H3,(H,24,25,26)(H2,27,28,29). The molecule has 2 aromatic carbocycles. The highest BCUT2D eigenvalue weighted by molar-refractivity contribution is 5.99. The van der Waals surface area contributed by atoms with E-state index in [0.29, 0.717) is 28.9 Å². The number of carbonyl (C=O) groups excluding carboxylic acids is 1. The van der Waals surface area contributed by atoms with Gasteiger partial charge in [-0.2, -0.15) is 18.2 Å². The molecule has 7 nitrogen and oxygen atoms in total. The minimum atomic E-state index is -4.48. The smallest absolute Gasteiger partial charge is 0.416 e. The first kappa shape index (κ1) is 20.9. The van der Waals surface area contributed by atoms with Gasteiger partial charge in [-0.3, -0.25) is 0 Å². The van der Waals surface area contributed by atoms with Gasteiger partial charge < -0.3 is 20.7 Å². The molecule has 0 bridgehead atoms. The maximum absolute atomic E-state index is 12.8. The van der Waals surface area contributed by atoms with Gasteiger partial charge in [0.1, 0.15) is 11.6 Å². The summed E-state index contributed by atoms with van der Waals surface area (Å²) in [5.41, 5.74) is 0.362. The van der Waals surface area contributed by atoms with Crippen molar-refractivity contribution in [2.75, 3.05) is 23.1 Å². The molecule has 0 saturated heterocycles. The van der Waals surface area contributed by atoms with Crippen LogP contribution in [0.4, 0.5) is 40.8 Å². The van der Waals surface area contributed by atoms with Gasteiger partial charge in [-0.1, -0.05) is 6.07 Å². The van der Waals surface area contributed by atoms with Gasteiger partial charge >= 0.3 is 12.2 Å². The fourth-order valence-electron chi connectivity index (χ4n) is 2.56. The Morgan fingerprint density at radius 2 is 1.60 bits per heavy atom. The van der Waals surface area contributed by atoms with Crippen LogP contribution < -0.4 is 20.7 Å². The molecular weight excluding hydrogens is 399 g/mol. The van der Waals surface area contributed by atoms with E-state index in [-0.39, 0.29) is 5.69 Å². The summed E-state index contributed by atoms with van der Waals surface area (Å²) < 4.78 is 43.4. The zero-order valence-corrected chi connectivity index (χ0v) is 16.0. The van der Waals surface area contributed by atoms with Crippen molar-refractivity contribution in [1.82, 2.24) is 9.97 Å². The number of carbonyl (C=O) groups is 1. The van der Waals surface area contributed by atoms with Crippen molar-refractivity contribution in [1.29, 1.82) is 0 Å². The van der Waals surface area contributed by atoms with Gasteiger partial charge in [0.25, 0.3) is 0 Å². The average Bonchev–Trinajstić information content (AvgIpc) is 2.68. The Labute approximate surface area is 170 Å². The van der Waals surface area contributed by atoms with Crippen LogP contribution in [0, 0.1) is 6.92 Å². The number of urea groups is 1. The summed E-state index contributed by atoms with van der Waals surface area (Å²) in [6.45, 7) is 1.74. The lowest BCUT2D eigenvalue weighted by atomic mass is 10.2. The van der Waals surface area contributed by atoms with E-state index in [1.165, 1.54) is 19.2 Å². The minimum Gasteiger partial charge on any atom is -0.481 e. The summed E-state index contributed by atoms with van der Waals surface area (Å²) >= 11 is 0. The van der Waals surface area contributed by atoms with Crippen LogP contribution in [0.5, 0.6) is 5.88 Å². The number of rotatable bonds is 5. The van der Waals surface area contributed by atoms with Gasteiger partial charge in [0.05, 0.1) is 12.7 Å². The average molecular weight is 417 g/mol. The van der Waals surface area contributed by atoms with Crippen molar-refractivity contribution < 1.29 is 22.7 Å². The maximum atomic E-state index is 12.8. The van der Waals surface area contributed by atoms with Crippen LogP contribution in [0.15, 0.2) is 54.6 Å². The second-order valence-corrected chi connectivity index (χ2v) is 6.20. The van der Waals surface area contributed by atoms with Gasteiger partial charge in [0.2, 0.25) is 5.88 Å². The Morgan fingerprint density at radius 1 is 0.933 bits per heavy atom. The van der Waals surface area contributed by atoms with Gasteiger partial charge in [0.15, 0.2) is 0 Å². The van der Waals surface area contributed by atoms with Crippen LogP contribution in [-0.4, -0.2) is 23.1 Å². The lowest BCUT2D eigenvalue weighted by Crippen LogP contribution is -2.19. The highest BCUT2D eigenvalue weighted by Gasteiger charge is 2.30. The lowest BCUT2D eigenvalue weighted by Gasteiger charge is -2.11. The molecule has 0 atom stereocenters. The summed E-state index contributed by atoms with van der Waals surface area (Å²) in [6.07, 6.45) is -4.48. The predicted molar refractivity (Wildman–Crippen MR) is 107 cm³/mol. The summed E-state index contributed by atoms with van der Waals surface area (Å²) in [6, 6.07) is 12.1. The number of hydrogen-bond donors (Lipinski definition) is 3. The molecule has 30 heavy (non-hydrogen) atoms. The van der Waals surface area contributed by atoms with E-state index in [0.717, 1.165) is 12.1 Å². The molecule has 1 aromatic heterocycles. The van der Waals surface area contributed by atoms with Crippen molar-refractivity contribution in [2.24, 2.45) is 0 Å². The summed E-state index contributed by atoms with van der Waals surface area (Å²) in [5, 5.41) is 8.04. The third-order valence-electron chi connectivity index (χ3n) is 3.89. The number of aromatic nitrogens is 2. The van der Waals surface area contributed by atoms with Crippen molar-refractivity contribution in [2.45, 2.75) is 13.1 Å². The molecule has 10 heteroatoms. The number of hydrogen-bond acceptors (Lipinski definition) is 5. The van der Waals surface area contributed by atoms with E-state index in [4.69, 9.17) is 4.74 Å². The number of aryl methyl sites for hydroxylation is 1. The number of benzene rings is 2. The second-order valence-electron chi connectivity index (χ2n) is 6.20. The van der Waals surface area contributed by atoms with Crippen molar-refractivity contribution in [3.63, 3.8) is 0 Å². The Morgan fingerprint density at radius 3 is 2.27 bits per heavy atom. The first-order valence-corrected chi connectivity index (χ1v) is 8.75. The first-order valence-electron chi connectivity index (χ1n) is 8.75. The number of alkyl halides is 3. The number of amides is 2. The molecular formula is C20H18F3N5O2. The molecule has 3 rings (SSSR count). The van der Waals surface area contributed by atoms with Crippen LogP contribution in [-0.2, 0) is 6.18 Å². The molecule has 0 fully saturated rings. The quantitative estimate of drug-likeness (QED) is 0.531. The van der Waals surface area contributed by atoms with Gasteiger partial charge in [-0.25, -0.2) is 9.78 Å². The Balaban J connectivity index is 1.62. The van der Waals surface area contributed by atoms with E-state index in [1.807, 2.05) is 0 Å². The Bertz CT molecular complexity index is 1040. The van der Waals surface area contributed by atoms with Gasteiger partial charge in [-0.05, 0) is 49.4 Å². The summed E-state index contributed by atoms with van der Waals surface area (Å²) in [4.78, 5) is 20.4. The topological polar surface area (TPSA) is 88.2 Å². The monoisotopic (exact) mass is 417 g/mol. The predicted octanol–water partition coefficient (Wildman–Crippen LogP) is 5.20. The van der Waals surface area contributed by atoms with E-state index in [2.05, 4.69) is 25.9 Å². The number of anilines is 4. The molecule has 0 unspecified atom stereocenters. The fraction of sp³-hybridized carbons (Fsp3) is 0.150. The molecule has 156 valence electrons. The zero-order valence-electron chi connectivity index (χ0n) is 16.0. The number of methoxy groups -OCH3 is 1. The Kier molecular flexibility index (Phi) is 6.05. The molecule has 0 aliphatic rings. The minimum absolute atomic E-state index is 0.0358. The molecule has 0 radical (unpaired) electrons. The molecule has 0 aliphatic carbocycles. The second kappa shape index (κ2) is 8.68. The van der Waals surface area contributed by atoms with Crippen LogP contribution in [0.2, 0.25) is 0 Å². The maximum Gasteiger partial charge on any atom is 0.416 e. The largest absolute Gasteiger partial charge is 0.481 e. The van der Waals surface area contributed by atoms with Gasteiger partial charge in [0, 0.05) is 23.1 Å². The SMILES string of the molecule is COc1cc(Nc2ccc(NC(=O)Nc3cccc(C(F)(F)F)c3)cc2)nc(C)n1. The van der Waals surface area contributed by atoms with Gasteiger partial charge in [-0.15, -0.1) is 0 Å². The van der Waals surface area contributed by atoms with Crippen LogP contribution in [0.3, 0.4) is 0 Å². The van der Waals surface area contributed by atoms with E-state index in [1.54, 1.807) is 37.3 Å². The third-order valence-corrected chi connectivity index (χ3v) is 3.89. The van der Waals surface area contributed by atoms with E-state index >= 15 is 0 Å². The van der Waals surface area contributed by atoms with Crippen molar-refractivity contribution in [3.8, 4) is 5.88 Å². The van der Waals surface area contributed by atoms with E-state index in [9.17, 15) is 18.0 Å². The fourth-order valence-corrected chi connectivity index (χ4v) is 2.56. The normalized spacial score (nSPS) is 11.0. The van der Waals surface area contributed by atoms with Crippen LogP contribution in [0.25, 0.3) is 0 Å². The third kappa shape index (κ3) is 5.60. The number of ether oxygens (including phenoxy) is 1. The molecule has 3 N–H and O–H groups in total. The lowest BCUT2D eigenvalue weighted by molar-refractivity contribution is -0.137. The first-order chi connectivity index (χ1) is 14.2. The van der Waals surface area contributed by atoms with Crippen LogP contribution in [0.1, 0.15) is 11.4 Å². The highest BCUT2D eigenvalue weighted by atomic mass is 19.4. The zero-order chi connectivity index (χ0) is 21.7. The summed E-state index contributed by atoms with van der Waals surface area (Å²) in [7, 11) is 1.51. The molecule has 2 amide bonds. The Hall–Kier alpha value is -3.82. The summed E-state index contributed by atoms with van der Waals surface area (Å²) in [5.74, 6) is 1.51. The number of halogens is 3. The molecule has 0 saturated carbocycles. The molecule has 1 heterocycles. The molecule has 0 aliphatic heterocycles. The van der Waals surface area contributed by atoms with Crippen molar-refractivity contribution >= 4 is 28.9 Å². The number of nitrogens with one attached hydrogen (secondary N) is 3. The number of nitrogens with zero attached hydrogens (tertiary/aromatic N) is 2. The van der Waals surface area contributed by atoms with E-state index < -0.39 is 17.8 Å². The highest BCUT2D eigenvalue weighted by Crippen LogP contribution is 2.30. The van der Waals surface area contributed by atoms with Crippen molar-refractivity contribution in [3.05, 3.63) is 66.0 Å².